The van der Waals surface area contributed by atoms with Gasteiger partial charge in [0.1, 0.15) is 0 Å². The van der Waals surface area contributed by atoms with Crippen LogP contribution < -0.4 is 10.7 Å². The first-order chi connectivity index (χ1) is 13.2. The minimum Gasteiger partial charge on any atom is -0.326 e. The molecule has 28 heavy (non-hydrogen) atoms. The number of anilines is 2. The van der Waals surface area contributed by atoms with Gasteiger partial charge in [-0.05, 0) is 36.8 Å². The van der Waals surface area contributed by atoms with E-state index in [-0.39, 0.29) is 17.2 Å². The van der Waals surface area contributed by atoms with E-state index in [4.69, 9.17) is 0 Å². The number of benzene rings is 2. The number of hydrogen-bond acceptors (Lipinski definition) is 5. The molecule has 0 aliphatic heterocycles. The number of carbonyl (C=O) groups excluding carboxylic acids is 1. The van der Waals surface area contributed by atoms with Crippen LogP contribution in [0.1, 0.15) is 25.2 Å². The van der Waals surface area contributed by atoms with Crippen LogP contribution in [0.2, 0.25) is 0 Å². The fourth-order valence-corrected chi connectivity index (χ4v) is 2.52. The van der Waals surface area contributed by atoms with E-state index in [1.54, 1.807) is 49.4 Å². The zero-order chi connectivity index (χ0) is 20.3. The molecule has 0 bridgehead atoms. The third-order valence-electron chi connectivity index (χ3n) is 3.79. The van der Waals surface area contributed by atoms with Crippen molar-refractivity contribution in [3.63, 3.8) is 0 Å². The van der Waals surface area contributed by atoms with Crippen LogP contribution in [0.5, 0.6) is 0 Å². The highest BCUT2D eigenvalue weighted by molar-refractivity contribution is 6.01. The maximum atomic E-state index is 13.1. The Kier molecular flexibility index (Phi) is 5.25. The summed E-state index contributed by atoms with van der Waals surface area (Å²) < 4.78 is 39.3. The lowest BCUT2D eigenvalue weighted by Crippen LogP contribution is -2.13. The number of amides is 1. The van der Waals surface area contributed by atoms with Gasteiger partial charge in [0.2, 0.25) is 11.7 Å². The van der Waals surface area contributed by atoms with Crippen LogP contribution in [0.15, 0.2) is 53.6 Å². The fraction of sp³-hybridized carbons (Fsp3) is 0.158. The monoisotopic (exact) mass is 387 g/mol. The van der Waals surface area contributed by atoms with Crippen LogP contribution in [0.25, 0.3) is 10.9 Å². The number of fused-ring (bicyclic) bond motifs is 1. The van der Waals surface area contributed by atoms with Gasteiger partial charge in [0.25, 0.3) is 0 Å². The van der Waals surface area contributed by atoms with Crippen molar-refractivity contribution >= 4 is 34.0 Å². The first-order valence-electron chi connectivity index (χ1n) is 8.26. The number of halogens is 3. The summed E-state index contributed by atoms with van der Waals surface area (Å²) in [6.07, 6.45) is -4.67. The number of carbonyl (C=O) groups is 1. The molecule has 2 N–H and O–H groups in total. The maximum Gasteiger partial charge on any atom is 0.451 e. The molecule has 0 aliphatic rings. The van der Waals surface area contributed by atoms with E-state index in [1.165, 1.54) is 13.0 Å². The van der Waals surface area contributed by atoms with E-state index in [9.17, 15) is 18.0 Å². The molecule has 0 unspecified atom stereocenters. The number of para-hydroxylation sites is 1. The van der Waals surface area contributed by atoms with Gasteiger partial charge in [-0.1, -0.05) is 24.3 Å². The van der Waals surface area contributed by atoms with E-state index in [2.05, 4.69) is 25.8 Å². The van der Waals surface area contributed by atoms with Gasteiger partial charge in [-0.25, -0.2) is 9.97 Å². The van der Waals surface area contributed by atoms with E-state index in [1.807, 2.05) is 0 Å². The second-order valence-electron chi connectivity index (χ2n) is 5.98. The summed E-state index contributed by atoms with van der Waals surface area (Å²) in [5, 5.41) is 7.23. The zero-order valence-electron chi connectivity index (χ0n) is 15.0. The predicted octanol–water partition coefficient (Wildman–Crippen LogP) is 4.44. The van der Waals surface area contributed by atoms with Crippen LogP contribution in [0.3, 0.4) is 0 Å². The van der Waals surface area contributed by atoms with Crippen molar-refractivity contribution in [1.82, 2.24) is 9.97 Å². The van der Waals surface area contributed by atoms with E-state index >= 15 is 0 Å². The molecule has 2 aromatic carbocycles. The lowest BCUT2D eigenvalue weighted by molar-refractivity contribution is -0.144. The number of hydrazone groups is 1. The molecule has 0 radical (unpaired) electrons. The number of alkyl halides is 3. The molecule has 1 heterocycles. The molecule has 6 nitrogen and oxygen atoms in total. The SMILES string of the molecule is CC(=O)Nc1cccc(/C(C)=N\Nc2nc(C(F)(F)F)nc3ccccc23)c1. The Labute approximate surface area is 158 Å². The Morgan fingerprint density at radius 1 is 1.04 bits per heavy atom. The van der Waals surface area contributed by atoms with E-state index < -0.39 is 12.0 Å². The standard InChI is InChI=1S/C19H16F3N5O/c1-11(13-6-5-7-14(10-13)23-12(2)28)26-27-17-15-8-3-4-9-16(15)24-18(25-17)19(20,21)22/h3-10H,1-2H3,(H,23,28)(H,24,25,27)/b26-11-. The van der Waals surface area contributed by atoms with Crippen molar-refractivity contribution < 1.29 is 18.0 Å². The van der Waals surface area contributed by atoms with E-state index in [0.717, 1.165) is 0 Å². The number of nitrogens with one attached hydrogen (secondary N) is 2. The molecule has 0 fully saturated rings. The van der Waals surface area contributed by atoms with Gasteiger partial charge in [0, 0.05) is 18.0 Å². The highest BCUT2D eigenvalue weighted by atomic mass is 19.4. The smallest absolute Gasteiger partial charge is 0.326 e. The summed E-state index contributed by atoms with van der Waals surface area (Å²) in [6, 6.07) is 13.3. The van der Waals surface area contributed by atoms with Gasteiger partial charge in [0.15, 0.2) is 5.82 Å². The van der Waals surface area contributed by atoms with Crippen molar-refractivity contribution in [2.45, 2.75) is 20.0 Å². The average Bonchev–Trinajstić information content (AvgIpc) is 2.64. The Hall–Kier alpha value is -3.49. The number of hydrogen-bond donors (Lipinski definition) is 2. The quantitative estimate of drug-likeness (QED) is 0.512. The average molecular weight is 387 g/mol. The molecule has 3 rings (SSSR count). The summed E-state index contributed by atoms with van der Waals surface area (Å²) in [4.78, 5) is 18.3. The van der Waals surface area contributed by atoms with Crippen molar-refractivity contribution in [2.24, 2.45) is 5.10 Å². The highest BCUT2D eigenvalue weighted by Crippen LogP contribution is 2.30. The van der Waals surface area contributed by atoms with Crippen molar-refractivity contribution in [2.75, 3.05) is 10.7 Å². The number of nitrogens with zero attached hydrogens (tertiary/aromatic N) is 3. The molecular formula is C19H16F3N5O. The van der Waals surface area contributed by atoms with Crippen LogP contribution >= 0.6 is 0 Å². The lowest BCUT2D eigenvalue weighted by Gasteiger charge is -2.11. The Bertz CT molecular complexity index is 1060. The van der Waals surface area contributed by atoms with Crippen molar-refractivity contribution in [3.8, 4) is 0 Å². The molecule has 0 spiro atoms. The molecule has 3 aromatic rings. The summed E-state index contributed by atoms with van der Waals surface area (Å²) >= 11 is 0. The fourth-order valence-electron chi connectivity index (χ4n) is 2.52. The van der Waals surface area contributed by atoms with Crippen LogP contribution in [0.4, 0.5) is 24.7 Å². The predicted molar refractivity (Wildman–Crippen MR) is 101 cm³/mol. The van der Waals surface area contributed by atoms with E-state index in [0.29, 0.717) is 22.3 Å². The molecule has 144 valence electrons. The minimum atomic E-state index is -4.67. The van der Waals surface area contributed by atoms with Crippen molar-refractivity contribution in [1.29, 1.82) is 0 Å². The largest absolute Gasteiger partial charge is 0.451 e. The topological polar surface area (TPSA) is 79.3 Å². The van der Waals surface area contributed by atoms with Gasteiger partial charge in [0.05, 0.1) is 11.2 Å². The molecule has 9 heteroatoms. The normalized spacial score (nSPS) is 12.1. The second kappa shape index (κ2) is 7.63. The van der Waals surface area contributed by atoms with Crippen LogP contribution in [0, 0.1) is 0 Å². The van der Waals surface area contributed by atoms with Gasteiger partial charge in [-0.3, -0.25) is 10.2 Å². The molecule has 0 atom stereocenters. The Balaban J connectivity index is 1.95. The first-order valence-corrected chi connectivity index (χ1v) is 8.26. The summed E-state index contributed by atoms with van der Waals surface area (Å²) in [5.41, 5.74) is 4.55. The van der Waals surface area contributed by atoms with Crippen LogP contribution in [-0.2, 0) is 11.0 Å². The first kappa shape index (κ1) is 19.3. The molecule has 0 saturated carbocycles. The third kappa shape index (κ3) is 4.43. The minimum absolute atomic E-state index is 0.0460. The third-order valence-corrected chi connectivity index (χ3v) is 3.79. The molecule has 0 saturated heterocycles. The summed E-state index contributed by atoms with van der Waals surface area (Å²) in [5.74, 6) is -1.50. The van der Waals surface area contributed by atoms with Gasteiger partial charge in [-0.2, -0.15) is 18.3 Å². The number of aromatic nitrogens is 2. The van der Waals surface area contributed by atoms with Gasteiger partial charge < -0.3 is 5.32 Å². The van der Waals surface area contributed by atoms with Gasteiger partial charge in [-0.15, -0.1) is 0 Å². The van der Waals surface area contributed by atoms with Gasteiger partial charge >= 0.3 is 6.18 Å². The second-order valence-corrected chi connectivity index (χ2v) is 5.98. The Morgan fingerprint density at radius 3 is 2.50 bits per heavy atom. The maximum absolute atomic E-state index is 13.1. The van der Waals surface area contributed by atoms with Crippen LogP contribution in [-0.4, -0.2) is 21.6 Å². The molecule has 0 aliphatic carbocycles. The highest BCUT2D eigenvalue weighted by Gasteiger charge is 2.35. The molecule has 1 amide bonds. The number of rotatable bonds is 4. The lowest BCUT2D eigenvalue weighted by atomic mass is 10.1. The molecular weight excluding hydrogens is 371 g/mol. The zero-order valence-corrected chi connectivity index (χ0v) is 15.0. The Morgan fingerprint density at radius 2 is 1.79 bits per heavy atom. The molecule has 1 aromatic heterocycles. The summed E-state index contributed by atoms with van der Waals surface area (Å²) in [6.45, 7) is 3.08. The van der Waals surface area contributed by atoms with Crippen molar-refractivity contribution in [3.05, 3.63) is 59.9 Å². The summed E-state index contributed by atoms with van der Waals surface area (Å²) in [7, 11) is 0.